The minimum absolute atomic E-state index is 0.0191. The predicted octanol–water partition coefficient (Wildman–Crippen LogP) is 4.11. The average Bonchev–Trinajstić information content (AvgIpc) is 2.69. The van der Waals surface area contributed by atoms with Crippen LogP contribution in [0.1, 0.15) is 30.4 Å². The molecule has 0 spiro atoms. The number of alkyl halides is 3. The van der Waals surface area contributed by atoms with Crippen molar-refractivity contribution in [2.24, 2.45) is 0 Å². The highest BCUT2D eigenvalue weighted by molar-refractivity contribution is 6.43. The SMILES string of the molecule is Cc1ccc(NC(=O)C(=O)Nc2ccccc2C(F)(F)F)cc1N1CCCCC1=O. The molecule has 0 aliphatic carbocycles. The van der Waals surface area contributed by atoms with Gasteiger partial charge < -0.3 is 15.5 Å². The van der Waals surface area contributed by atoms with Crippen molar-refractivity contribution in [3.8, 4) is 0 Å². The largest absolute Gasteiger partial charge is 0.418 e. The van der Waals surface area contributed by atoms with Gasteiger partial charge in [-0.1, -0.05) is 18.2 Å². The molecule has 0 aromatic heterocycles. The Bertz CT molecular complexity index is 989. The Morgan fingerprint density at radius 1 is 1.00 bits per heavy atom. The number of hydrogen-bond acceptors (Lipinski definition) is 3. The fourth-order valence-electron chi connectivity index (χ4n) is 3.24. The first kappa shape index (κ1) is 21.4. The first-order chi connectivity index (χ1) is 14.2. The molecule has 3 amide bonds. The molecule has 0 radical (unpaired) electrons. The molecule has 2 aromatic carbocycles. The maximum absolute atomic E-state index is 13.1. The van der Waals surface area contributed by atoms with Gasteiger partial charge in [-0.2, -0.15) is 13.2 Å². The molecule has 1 aliphatic rings. The molecule has 2 N–H and O–H groups in total. The van der Waals surface area contributed by atoms with Crippen molar-refractivity contribution in [2.75, 3.05) is 22.1 Å². The minimum Gasteiger partial charge on any atom is -0.318 e. The molecule has 1 aliphatic heterocycles. The normalized spacial score (nSPS) is 14.4. The number of benzene rings is 2. The third kappa shape index (κ3) is 4.79. The molecule has 3 rings (SSSR count). The number of rotatable bonds is 3. The summed E-state index contributed by atoms with van der Waals surface area (Å²) >= 11 is 0. The second-order valence-electron chi connectivity index (χ2n) is 6.96. The molecule has 0 saturated carbocycles. The van der Waals surface area contributed by atoms with Crippen molar-refractivity contribution in [1.29, 1.82) is 0 Å². The number of piperidine rings is 1. The summed E-state index contributed by atoms with van der Waals surface area (Å²) in [5.41, 5.74) is 0.159. The van der Waals surface area contributed by atoms with E-state index >= 15 is 0 Å². The Morgan fingerprint density at radius 2 is 1.70 bits per heavy atom. The summed E-state index contributed by atoms with van der Waals surface area (Å²) in [4.78, 5) is 38.2. The van der Waals surface area contributed by atoms with Gasteiger partial charge in [-0.25, -0.2) is 0 Å². The zero-order chi connectivity index (χ0) is 21.9. The van der Waals surface area contributed by atoms with Gasteiger partial charge in [0.1, 0.15) is 0 Å². The fraction of sp³-hybridized carbons (Fsp3) is 0.286. The van der Waals surface area contributed by atoms with E-state index in [9.17, 15) is 27.6 Å². The van der Waals surface area contributed by atoms with Crippen LogP contribution < -0.4 is 15.5 Å². The van der Waals surface area contributed by atoms with Crippen LogP contribution in [0, 0.1) is 6.92 Å². The molecular formula is C21H20F3N3O3. The Labute approximate surface area is 171 Å². The van der Waals surface area contributed by atoms with Gasteiger partial charge in [0.15, 0.2) is 0 Å². The van der Waals surface area contributed by atoms with Crippen LogP contribution in [0.25, 0.3) is 0 Å². The lowest BCUT2D eigenvalue weighted by molar-refractivity contribution is -0.137. The molecule has 0 bridgehead atoms. The first-order valence-electron chi connectivity index (χ1n) is 9.36. The number of nitrogens with zero attached hydrogens (tertiary/aromatic N) is 1. The maximum atomic E-state index is 13.1. The molecule has 1 heterocycles. The van der Waals surface area contributed by atoms with Gasteiger partial charge in [-0.3, -0.25) is 14.4 Å². The lowest BCUT2D eigenvalue weighted by Crippen LogP contribution is -2.35. The van der Waals surface area contributed by atoms with E-state index in [1.165, 1.54) is 12.1 Å². The molecule has 1 fully saturated rings. The van der Waals surface area contributed by atoms with E-state index in [2.05, 4.69) is 5.32 Å². The van der Waals surface area contributed by atoms with Gasteiger partial charge >= 0.3 is 18.0 Å². The number of hydrogen-bond donors (Lipinski definition) is 2. The molecule has 2 aromatic rings. The van der Waals surface area contributed by atoms with Crippen LogP contribution in [0.3, 0.4) is 0 Å². The highest BCUT2D eigenvalue weighted by Gasteiger charge is 2.34. The van der Waals surface area contributed by atoms with Gasteiger partial charge in [-0.15, -0.1) is 0 Å². The van der Waals surface area contributed by atoms with E-state index in [-0.39, 0.29) is 11.6 Å². The highest BCUT2D eigenvalue weighted by Crippen LogP contribution is 2.34. The maximum Gasteiger partial charge on any atom is 0.418 e. The molecular weight excluding hydrogens is 399 g/mol. The number of para-hydroxylation sites is 1. The van der Waals surface area contributed by atoms with Gasteiger partial charge in [0, 0.05) is 24.3 Å². The summed E-state index contributed by atoms with van der Waals surface area (Å²) in [7, 11) is 0. The summed E-state index contributed by atoms with van der Waals surface area (Å²) in [5.74, 6) is -2.37. The molecule has 1 saturated heterocycles. The van der Waals surface area contributed by atoms with E-state index in [0.29, 0.717) is 18.7 Å². The average molecular weight is 419 g/mol. The van der Waals surface area contributed by atoms with Crippen LogP contribution in [0.4, 0.5) is 30.2 Å². The van der Waals surface area contributed by atoms with E-state index in [1.54, 1.807) is 23.1 Å². The lowest BCUT2D eigenvalue weighted by Gasteiger charge is -2.28. The fourth-order valence-corrected chi connectivity index (χ4v) is 3.24. The topological polar surface area (TPSA) is 78.5 Å². The number of aryl methyl sites for hydroxylation is 1. The quantitative estimate of drug-likeness (QED) is 0.735. The predicted molar refractivity (Wildman–Crippen MR) is 106 cm³/mol. The smallest absolute Gasteiger partial charge is 0.318 e. The Morgan fingerprint density at radius 3 is 2.40 bits per heavy atom. The number of halogens is 3. The van der Waals surface area contributed by atoms with Crippen LogP contribution in [0.5, 0.6) is 0 Å². The summed E-state index contributed by atoms with van der Waals surface area (Å²) in [5, 5.41) is 4.37. The van der Waals surface area contributed by atoms with Crippen molar-refractivity contribution in [3.05, 3.63) is 53.6 Å². The lowest BCUT2D eigenvalue weighted by atomic mass is 10.1. The van der Waals surface area contributed by atoms with E-state index in [0.717, 1.165) is 30.5 Å². The Balaban J connectivity index is 1.74. The third-order valence-corrected chi connectivity index (χ3v) is 4.77. The molecule has 158 valence electrons. The Kier molecular flexibility index (Phi) is 6.09. The van der Waals surface area contributed by atoms with Gasteiger partial charge in [0.2, 0.25) is 5.91 Å². The standard InChI is InChI=1S/C21H20F3N3O3/c1-13-9-10-14(12-17(13)27-11-5-4-8-18(27)28)25-19(29)20(30)26-16-7-3-2-6-15(16)21(22,23)24/h2-3,6-7,9-10,12H,4-5,8,11H2,1H3,(H,25,29)(H,26,30). The van der Waals surface area contributed by atoms with Gasteiger partial charge in [-0.05, 0) is 49.6 Å². The van der Waals surface area contributed by atoms with Gasteiger partial charge in [0.25, 0.3) is 0 Å². The van der Waals surface area contributed by atoms with E-state index in [1.807, 2.05) is 12.2 Å². The van der Waals surface area contributed by atoms with Crippen LogP contribution >= 0.6 is 0 Å². The van der Waals surface area contributed by atoms with Crippen LogP contribution in [0.2, 0.25) is 0 Å². The van der Waals surface area contributed by atoms with Crippen LogP contribution in [-0.2, 0) is 20.6 Å². The minimum atomic E-state index is -4.67. The van der Waals surface area contributed by atoms with Crippen molar-refractivity contribution < 1.29 is 27.6 Å². The zero-order valence-electron chi connectivity index (χ0n) is 16.2. The van der Waals surface area contributed by atoms with Crippen molar-refractivity contribution in [1.82, 2.24) is 0 Å². The third-order valence-electron chi connectivity index (χ3n) is 4.77. The summed E-state index contributed by atoms with van der Waals surface area (Å²) in [6, 6.07) is 9.23. The highest BCUT2D eigenvalue weighted by atomic mass is 19.4. The number of amides is 3. The van der Waals surface area contributed by atoms with Crippen molar-refractivity contribution >= 4 is 34.8 Å². The monoisotopic (exact) mass is 419 g/mol. The molecule has 0 unspecified atom stereocenters. The van der Waals surface area contributed by atoms with Crippen LogP contribution in [0.15, 0.2) is 42.5 Å². The zero-order valence-corrected chi connectivity index (χ0v) is 16.2. The molecule has 0 atom stereocenters. The molecule has 9 heteroatoms. The summed E-state index contributed by atoms with van der Waals surface area (Å²) in [6.45, 7) is 2.38. The van der Waals surface area contributed by atoms with E-state index < -0.39 is 29.2 Å². The number of carbonyl (C=O) groups excluding carboxylic acids is 3. The van der Waals surface area contributed by atoms with Crippen molar-refractivity contribution in [3.63, 3.8) is 0 Å². The number of nitrogens with one attached hydrogen (secondary N) is 2. The van der Waals surface area contributed by atoms with Gasteiger partial charge in [0.05, 0.1) is 11.3 Å². The molecule has 6 nitrogen and oxygen atoms in total. The Hall–Kier alpha value is -3.36. The van der Waals surface area contributed by atoms with Crippen LogP contribution in [-0.4, -0.2) is 24.3 Å². The summed E-state index contributed by atoms with van der Waals surface area (Å²) in [6.07, 6.45) is -2.54. The first-order valence-corrected chi connectivity index (χ1v) is 9.36. The van der Waals surface area contributed by atoms with Crippen molar-refractivity contribution in [2.45, 2.75) is 32.4 Å². The number of anilines is 3. The second-order valence-corrected chi connectivity index (χ2v) is 6.96. The summed E-state index contributed by atoms with van der Waals surface area (Å²) < 4.78 is 39.2. The number of carbonyl (C=O) groups is 3. The molecule has 30 heavy (non-hydrogen) atoms. The van der Waals surface area contributed by atoms with E-state index in [4.69, 9.17) is 0 Å². The second kappa shape index (κ2) is 8.56.